The van der Waals surface area contributed by atoms with Crippen molar-refractivity contribution in [2.45, 2.75) is 29.7 Å². The van der Waals surface area contributed by atoms with Gasteiger partial charge in [0, 0.05) is 6.42 Å². The molecule has 0 fully saturated rings. The average molecular weight is 377 g/mol. The Hall–Kier alpha value is -2.19. The summed E-state index contributed by atoms with van der Waals surface area (Å²) in [5.41, 5.74) is 0.751. The molecule has 3 aromatic rings. The number of rotatable bonds is 7. The number of anilines is 1. The van der Waals surface area contributed by atoms with Gasteiger partial charge in [0.25, 0.3) is 0 Å². The van der Waals surface area contributed by atoms with Crippen LogP contribution in [-0.4, -0.2) is 15.9 Å². The molecule has 0 unspecified atom stereocenters. The number of amides is 1. The fourth-order valence-electron chi connectivity index (χ4n) is 2.05. The molecule has 0 saturated carbocycles. The van der Waals surface area contributed by atoms with E-state index < -0.39 is 0 Å². The van der Waals surface area contributed by atoms with Crippen molar-refractivity contribution in [2.24, 2.45) is 0 Å². The monoisotopic (exact) mass is 377 g/mol. The van der Waals surface area contributed by atoms with Gasteiger partial charge >= 0.3 is 0 Å². The third-order valence-electron chi connectivity index (χ3n) is 3.30. The molecule has 0 saturated heterocycles. The molecular formula is C17H16FN3O2S2. The minimum atomic E-state index is -0.317. The molecule has 5 nitrogen and oxygen atoms in total. The van der Waals surface area contributed by atoms with E-state index in [1.54, 1.807) is 36.3 Å². The van der Waals surface area contributed by atoms with Crippen molar-refractivity contribution in [3.05, 3.63) is 59.7 Å². The number of aromatic nitrogens is 2. The Labute approximate surface area is 152 Å². The molecule has 0 aliphatic heterocycles. The normalized spacial score (nSPS) is 10.8. The van der Waals surface area contributed by atoms with Crippen LogP contribution >= 0.6 is 23.1 Å². The van der Waals surface area contributed by atoms with Gasteiger partial charge in [-0.05, 0) is 17.7 Å². The third-order valence-corrected chi connectivity index (χ3v) is 5.39. The van der Waals surface area contributed by atoms with E-state index in [2.05, 4.69) is 15.3 Å². The summed E-state index contributed by atoms with van der Waals surface area (Å²) in [6.45, 7) is 2.02. The zero-order chi connectivity index (χ0) is 17.6. The molecule has 2 aromatic heterocycles. The van der Waals surface area contributed by atoms with Gasteiger partial charge in [-0.15, -0.1) is 11.8 Å². The molecule has 0 atom stereocenters. The molecule has 1 aromatic carbocycles. The fraction of sp³-hybridized carbons (Fsp3) is 0.235. The summed E-state index contributed by atoms with van der Waals surface area (Å²) in [7, 11) is 0. The molecule has 130 valence electrons. The van der Waals surface area contributed by atoms with Crippen molar-refractivity contribution in [1.29, 1.82) is 0 Å². The topological polar surface area (TPSA) is 68.0 Å². The SMILES string of the molecule is CCc1cnc(CSc2cnc(NC(=O)Cc3ccc(F)cc3)s2)o1. The van der Waals surface area contributed by atoms with Gasteiger partial charge in [0.05, 0.1) is 28.8 Å². The Bertz CT molecular complexity index is 846. The van der Waals surface area contributed by atoms with Crippen LogP contribution in [0.4, 0.5) is 9.52 Å². The average Bonchev–Trinajstić information content (AvgIpc) is 3.24. The number of nitrogens with one attached hydrogen (secondary N) is 1. The first-order chi connectivity index (χ1) is 12.1. The third kappa shape index (κ3) is 5.14. The number of oxazole rings is 1. The summed E-state index contributed by atoms with van der Waals surface area (Å²) in [6.07, 6.45) is 4.46. The van der Waals surface area contributed by atoms with E-state index >= 15 is 0 Å². The minimum Gasteiger partial charge on any atom is -0.445 e. The maximum Gasteiger partial charge on any atom is 0.230 e. The van der Waals surface area contributed by atoms with Crippen molar-refractivity contribution in [3.8, 4) is 0 Å². The van der Waals surface area contributed by atoms with Crippen LogP contribution in [0.25, 0.3) is 0 Å². The molecule has 0 bridgehead atoms. The van der Waals surface area contributed by atoms with Crippen LogP contribution in [0, 0.1) is 5.82 Å². The zero-order valence-corrected chi connectivity index (χ0v) is 15.1. The second kappa shape index (κ2) is 8.26. The lowest BCUT2D eigenvalue weighted by molar-refractivity contribution is -0.115. The molecule has 0 aliphatic carbocycles. The molecule has 0 spiro atoms. The van der Waals surface area contributed by atoms with Crippen LogP contribution < -0.4 is 5.32 Å². The predicted octanol–water partition coefficient (Wildman–Crippen LogP) is 4.31. The first-order valence-electron chi connectivity index (χ1n) is 7.69. The lowest BCUT2D eigenvalue weighted by Crippen LogP contribution is -2.14. The summed E-state index contributed by atoms with van der Waals surface area (Å²) >= 11 is 2.95. The van der Waals surface area contributed by atoms with Gasteiger partial charge in [0.1, 0.15) is 11.6 Å². The molecule has 3 rings (SSSR count). The van der Waals surface area contributed by atoms with Crippen LogP contribution in [0.15, 0.2) is 45.3 Å². The van der Waals surface area contributed by atoms with Crippen molar-refractivity contribution in [1.82, 2.24) is 9.97 Å². The number of nitrogens with zero attached hydrogens (tertiary/aromatic N) is 2. The first kappa shape index (κ1) is 17.6. The Kier molecular flexibility index (Phi) is 5.83. The number of carbonyl (C=O) groups excluding carboxylic acids is 1. The lowest BCUT2D eigenvalue weighted by Gasteiger charge is -2.01. The maximum absolute atomic E-state index is 12.9. The number of carbonyl (C=O) groups is 1. The predicted molar refractivity (Wildman–Crippen MR) is 96.3 cm³/mol. The van der Waals surface area contributed by atoms with Gasteiger partial charge in [0.15, 0.2) is 5.13 Å². The number of thiazole rings is 1. The van der Waals surface area contributed by atoms with Gasteiger partial charge in [-0.3, -0.25) is 4.79 Å². The summed E-state index contributed by atoms with van der Waals surface area (Å²) < 4.78 is 19.4. The van der Waals surface area contributed by atoms with Gasteiger partial charge in [0.2, 0.25) is 11.8 Å². The highest BCUT2D eigenvalue weighted by Crippen LogP contribution is 2.30. The number of benzene rings is 1. The number of halogens is 1. The van der Waals surface area contributed by atoms with Gasteiger partial charge in [-0.2, -0.15) is 0 Å². The van der Waals surface area contributed by atoms with Crippen LogP contribution in [0.5, 0.6) is 0 Å². The smallest absolute Gasteiger partial charge is 0.230 e. The number of hydrogen-bond acceptors (Lipinski definition) is 6. The molecule has 0 radical (unpaired) electrons. The highest BCUT2D eigenvalue weighted by atomic mass is 32.2. The standard InChI is InChI=1S/C17H16FN3O2S2/c1-2-13-8-19-15(23-13)10-24-16-9-20-17(25-16)21-14(22)7-11-3-5-12(18)6-4-11/h3-6,8-9H,2,7,10H2,1H3,(H,20,21,22). The Balaban J connectivity index is 1.50. The summed E-state index contributed by atoms with van der Waals surface area (Å²) in [5.74, 6) is 1.66. The van der Waals surface area contributed by atoms with Gasteiger partial charge < -0.3 is 9.73 Å². The van der Waals surface area contributed by atoms with E-state index in [1.165, 1.54) is 23.5 Å². The molecular weight excluding hydrogens is 361 g/mol. The highest BCUT2D eigenvalue weighted by molar-refractivity contribution is 8.00. The van der Waals surface area contributed by atoms with E-state index in [1.807, 2.05) is 6.92 Å². The van der Waals surface area contributed by atoms with Crippen molar-refractivity contribution in [2.75, 3.05) is 5.32 Å². The molecule has 1 amide bonds. The van der Waals surface area contributed by atoms with Gasteiger partial charge in [-0.25, -0.2) is 14.4 Å². The Morgan fingerprint density at radius 1 is 1.28 bits per heavy atom. The second-order valence-electron chi connectivity index (χ2n) is 5.20. The minimum absolute atomic E-state index is 0.179. The summed E-state index contributed by atoms with van der Waals surface area (Å²) in [4.78, 5) is 20.4. The van der Waals surface area contributed by atoms with Gasteiger partial charge in [-0.1, -0.05) is 30.4 Å². The summed E-state index contributed by atoms with van der Waals surface area (Å²) in [5, 5.41) is 3.30. The maximum atomic E-state index is 12.9. The van der Waals surface area contributed by atoms with Crippen LogP contribution in [0.2, 0.25) is 0 Å². The van der Waals surface area contributed by atoms with Crippen LogP contribution in [0.3, 0.4) is 0 Å². The Morgan fingerprint density at radius 2 is 2.08 bits per heavy atom. The van der Waals surface area contributed by atoms with E-state index in [9.17, 15) is 9.18 Å². The van der Waals surface area contributed by atoms with Crippen LogP contribution in [-0.2, 0) is 23.4 Å². The second-order valence-corrected chi connectivity index (χ2v) is 7.50. The fourth-order valence-corrected chi connectivity index (χ4v) is 3.79. The largest absolute Gasteiger partial charge is 0.445 e. The number of aryl methyl sites for hydroxylation is 1. The van der Waals surface area contributed by atoms with Crippen molar-refractivity contribution in [3.63, 3.8) is 0 Å². The van der Waals surface area contributed by atoms with E-state index in [0.717, 1.165) is 22.0 Å². The zero-order valence-electron chi connectivity index (χ0n) is 13.5. The quantitative estimate of drug-likeness (QED) is 0.622. The van der Waals surface area contributed by atoms with Crippen molar-refractivity contribution >= 4 is 34.1 Å². The molecule has 1 N–H and O–H groups in total. The van der Waals surface area contributed by atoms with Crippen LogP contribution in [0.1, 0.15) is 24.1 Å². The molecule has 25 heavy (non-hydrogen) atoms. The molecule has 8 heteroatoms. The number of hydrogen-bond donors (Lipinski definition) is 1. The lowest BCUT2D eigenvalue weighted by atomic mass is 10.1. The molecule has 2 heterocycles. The first-order valence-corrected chi connectivity index (χ1v) is 9.49. The number of thioether (sulfide) groups is 1. The van der Waals surface area contributed by atoms with E-state index in [-0.39, 0.29) is 18.1 Å². The summed E-state index contributed by atoms with van der Waals surface area (Å²) in [6, 6.07) is 5.87. The van der Waals surface area contributed by atoms with Crippen molar-refractivity contribution < 1.29 is 13.6 Å². The highest BCUT2D eigenvalue weighted by Gasteiger charge is 2.10. The Morgan fingerprint density at radius 3 is 2.80 bits per heavy atom. The van der Waals surface area contributed by atoms with E-state index in [0.29, 0.717) is 16.8 Å². The van der Waals surface area contributed by atoms with E-state index in [4.69, 9.17) is 4.42 Å². The molecule has 0 aliphatic rings.